The van der Waals surface area contributed by atoms with Gasteiger partial charge in [-0.25, -0.2) is 0 Å². The van der Waals surface area contributed by atoms with Crippen molar-refractivity contribution in [3.63, 3.8) is 0 Å². The van der Waals surface area contributed by atoms with Crippen LogP contribution in [0.15, 0.2) is 41.0 Å². The molecule has 0 aliphatic heterocycles. The number of nitrogen functional groups attached to an aromatic ring is 1. The minimum Gasteiger partial charge on any atom is -0.459 e. The van der Waals surface area contributed by atoms with Crippen molar-refractivity contribution in [3.8, 4) is 0 Å². The molecule has 0 saturated carbocycles. The second-order valence-electron chi connectivity index (χ2n) is 5.31. The Morgan fingerprint density at radius 3 is 2.38 bits per heavy atom. The molecule has 0 atom stereocenters. The van der Waals surface area contributed by atoms with Gasteiger partial charge in [-0.2, -0.15) is 0 Å². The van der Waals surface area contributed by atoms with Crippen molar-refractivity contribution < 1.29 is 14.0 Å². The van der Waals surface area contributed by atoms with Crippen LogP contribution in [0.2, 0.25) is 0 Å². The SMILES string of the molecule is Cc1ccoc1C(=O)NCCCNC(=O)Cc1ccc(N)cc1.Cl. The predicted octanol–water partition coefficient (Wildman–Crippen LogP) is 2.07. The van der Waals surface area contributed by atoms with E-state index in [2.05, 4.69) is 10.6 Å². The second kappa shape index (κ2) is 9.62. The van der Waals surface area contributed by atoms with E-state index in [9.17, 15) is 9.59 Å². The summed E-state index contributed by atoms with van der Waals surface area (Å²) in [4.78, 5) is 23.6. The maximum absolute atomic E-state index is 11.8. The first kappa shape index (κ1) is 19.6. The normalized spacial score (nSPS) is 9.88. The zero-order valence-electron chi connectivity index (χ0n) is 13.5. The lowest BCUT2D eigenvalue weighted by molar-refractivity contribution is -0.120. The Bertz CT molecular complexity index is 668. The lowest BCUT2D eigenvalue weighted by Crippen LogP contribution is -2.30. The van der Waals surface area contributed by atoms with Gasteiger partial charge in [0.1, 0.15) is 0 Å². The maximum Gasteiger partial charge on any atom is 0.287 e. The fourth-order valence-corrected chi connectivity index (χ4v) is 2.09. The van der Waals surface area contributed by atoms with Crippen LogP contribution in [0.1, 0.15) is 28.1 Å². The van der Waals surface area contributed by atoms with E-state index in [1.807, 2.05) is 19.1 Å². The van der Waals surface area contributed by atoms with Gasteiger partial charge in [0.25, 0.3) is 5.91 Å². The molecule has 2 rings (SSSR count). The fourth-order valence-electron chi connectivity index (χ4n) is 2.09. The van der Waals surface area contributed by atoms with Crippen LogP contribution < -0.4 is 16.4 Å². The molecule has 2 amide bonds. The molecule has 0 bridgehead atoms. The number of benzene rings is 1. The highest BCUT2D eigenvalue weighted by Gasteiger charge is 2.11. The van der Waals surface area contributed by atoms with Gasteiger partial charge in [0.05, 0.1) is 12.7 Å². The molecule has 0 radical (unpaired) electrons. The van der Waals surface area contributed by atoms with Crippen molar-refractivity contribution in [1.29, 1.82) is 0 Å². The Balaban J connectivity index is 0.00000288. The average molecular weight is 352 g/mol. The van der Waals surface area contributed by atoms with Crippen LogP contribution in [0.5, 0.6) is 0 Å². The molecular formula is C17H22ClN3O3. The number of nitrogens with two attached hydrogens (primary N) is 1. The van der Waals surface area contributed by atoms with Gasteiger partial charge < -0.3 is 20.8 Å². The monoisotopic (exact) mass is 351 g/mol. The number of nitrogens with one attached hydrogen (secondary N) is 2. The summed E-state index contributed by atoms with van der Waals surface area (Å²) in [6, 6.07) is 8.96. The zero-order valence-corrected chi connectivity index (χ0v) is 14.3. The van der Waals surface area contributed by atoms with E-state index in [0.29, 0.717) is 37.4 Å². The smallest absolute Gasteiger partial charge is 0.287 e. The van der Waals surface area contributed by atoms with E-state index >= 15 is 0 Å². The summed E-state index contributed by atoms with van der Waals surface area (Å²) in [6.45, 7) is 2.79. The molecule has 24 heavy (non-hydrogen) atoms. The zero-order chi connectivity index (χ0) is 16.7. The summed E-state index contributed by atoms with van der Waals surface area (Å²) in [5.74, 6) is 0.0427. The van der Waals surface area contributed by atoms with Gasteiger partial charge in [-0.05, 0) is 37.1 Å². The van der Waals surface area contributed by atoms with Crippen molar-refractivity contribution >= 4 is 29.9 Å². The molecule has 2 aromatic rings. The first-order chi connectivity index (χ1) is 11.1. The number of halogens is 1. The third kappa shape index (κ3) is 5.96. The fraction of sp³-hybridized carbons (Fsp3) is 0.294. The summed E-state index contributed by atoms with van der Waals surface area (Å²) in [6.07, 6.45) is 2.46. The van der Waals surface area contributed by atoms with Gasteiger partial charge in [0.15, 0.2) is 5.76 Å². The third-order valence-corrected chi connectivity index (χ3v) is 3.37. The highest BCUT2D eigenvalue weighted by Crippen LogP contribution is 2.08. The largest absolute Gasteiger partial charge is 0.459 e. The lowest BCUT2D eigenvalue weighted by atomic mass is 10.1. The van der Waals surface area contributed by atoms with Crippen LogP contribution >= 0.6 is 12.4 Å². The van der Waals surface area contributed by atoms with Crippen LogP contribution in [-0.4, -0.2) is 24.9 Å². The summed E-state index contributed by atoms with van der Waals surface area (Å²) in [7, 11) is 0. The van der Waals surface area contributed by atoms with Crippen molar-refractivity contribution in [3.05, 3.63) is 53.5 Å². The topological polar surface area (TPSA) is 97.4 Å². The first-order valence-electron chi connectivity index (χ1n) is 7.49. The number of rotatable bonds is 7. The summed E-state index contributed by atoms with van der Waals surface area (Å²) in [5, 5.41) is 5.58. The number of aryl methyl sites for hydroxylation is 1. The molecule has 1 heterocycles. The van der Waals surface area contributed by atoms with Crippen LogP contribution in [0.4, 0.5) is 5.69 Å². The Kier molecular flexibility index (Phi) is 7.85. The lowest BCUT2D eigenvalue weighted by Gasteiger charge is -2.07. The van der Waals surface area contributed by atoms with Crippen LogP contribution in [0.25, 0.3) is 0 Å². The molecule has 7 heteroatoms. The van der Waals surface area contributed by atoms with E-state index < -0.39 is 0 Å². The van der Waals surface area contributed by atoms with Gasteiger partial charge in [-0.3, -0.25) is 9.59 Å². The van der Waals surface area contributed by atoms with Gasteiger partial charge >= 0.3 is 0 Å². The Hall–Kier alpha value is -2.47. The van der Waals surface area contributed by atoms with Crippen LogP contribution in [0, 0.1) is 6.92 Å². The quantitative estimate of drug-likeness (QED) is 0.525. The first-order valence-corrected chi connectivity index (χ1v) is 7.49. The molecule has 1 aromatic carbocycles. The van der Waals surface area contributed by atoms with Crippen molar-refractivity contribution in [1.82, 2.24) is 10.6 Å². The summed E-state index contributed by atoms with van der Waals surface area (Å²) >= 11 is 0. The van der Waals surface area contributed by atoms with E-state index in [0.717, 1.165) is 11.1 Å². The Morgan fingerprint density at radius 1 is 1.08 bits per heavy atom. The number of hydrogen-bond acceptors (Lipinski definition) is 4. The number of anilines is 1. The van der Waals surface area contributed by atoms with Gasteiger partial charge in [-0.1, -0.05) is 12.1 Å². The van der Waals surface area contributed by atoms with Crippen molar-refractivity contribution in [2.75, 3.05) is 18.8 Å². The summed E-state index contributed by atoms with van der Waals surface area (Å²) < 4.78 is 5.11. The number of furan rings is 1. The van der Waals surface area contributed by atoms with Gasteiger partial charge in [-0.15, -0.1) is 12.4 Å². The molecule has 130 valence electrons. The van der Waals surface area contributed by atoms with Gasteiger partial charge in [0, 0.05) is 24.3 Å². The molecule has 6 nitrogen and oxygen atoms in total. The Morgan fingerprint density at radius 2 is 1.75 bits per heavy atom. The second-order valence-corrected chi connectivity index (χ2v) is 5.31. The number of carbonyl (C=O) groups excluding carboxylic acids is 2. The molecule has 1 aromatic heterocycles. The van der Waals surface area contributed by atoms with Gasteiger partial charge in [0.2, 0.25) is 5.91 Å². The summed E-state index contributed by atoms with van der Waals surface area (Å²) in [5.41, 5.74) is 8.00. The molecule has 0 aliphatic carbocycles. The molecule has 0 fully saturated rings. The molecular weight excluding hydrogens is 330 g/mol. The molecule has 0 aliphatic rings. The van der Waals surface area contributed by atoms with Crippen molar-refractivity contribution in [2.45, 2.75) is 19.8 Å². The Labute approximate surface area is 147 Å². The standard InChI is InChI=1S/C17H21N3O3.ClH/c1-12-7-10-23-16(12)17(22)20-9-2-8-19-15(21)11-13-3-5-14(18)6-4-13;/h3-7,10H,2,8-9,11,18H2,1H3,(H,19,21)(H,20,22);1H. The van der Waals surface area contributed by atoms with Crippen LogP contribution in [0.3, 0.4) is 0 Å². The molecule has 0 saturated heterocycles. The van der Waals surface area contributed by atoms with Crippen LogP contribution in [-0.2, 0) is 11.2 Å². The minimum absolute atomic E-state index is 0. The predicted molar refractivity (Wildman–Crippen MR) is 95.2 cm³/mol. The number of carbonyl (C=O) groups is 2. The maximum atomic E-state index is 11.8. The van der Waals surface area contributed by atoms with Crippen molar-refractivity contribution in [2.24, 2.45) is 0 Å². The van der Waals surface area contributed by atoms with E-state index in [1.165, 1.54) is 6.26 Å². The molecule has 0 unspecified atom stereocenters. The highest BCUT2D eigenvalue weighted by atomic mass is 35.5. The number of hydrogen-bond donors (Lipinski definition) is 3. The number of amides is 2. The van der Waals surface area contributed by atoms with E-state index in [1.54, 1.807) is 18.2 Å². The van der Waals surface area contributed by atoms with E-state index in [4.69, 9.17) is 10.2 Å². The third-order valence-electron chi connectivity index (χ3n) is 3.37. The molecule has 0 spiro atoms. The molecule has 4 N–H and O–H groups in total. The highest BCUT2D eigenvalue weighted by molar-refractivity contribution is 5.92. The minimum atomic E-state index is -0.235. The van der Waals surface area contributed by atoms with E-state index in [-0.39, 0.29) is 24.2 Å². The average Bonchev–Trinajstić information content (AvgIpc) is 2.95.